The summed E-state index contributed by atoms with van der Waals surface area (Å²) in [4.78, 5) is 14.5. The van der Waals surface area contributed by atoms with Crippen LogP contribution in [0.2, 0.25) is 0 Å². The van der Waals surface area contributed by atoms with Gasteiger partial charge < -0.3 is 15.7 Å². The van der Waals surface area contributed by atoms with E-state index < -0.39 is 6.10 Å². The summed E-state index contributed by atoms with van der Waals surface area (Å²) in [5.41, 5.74) is 3.47. The van der Waals surface area contributed by atoms with Gasteiger partial charge >= 0.3 is 6.03 Å². The Morgan fingerprint density at radius 1 is 1.00 bits per heavy atom. The second-order valence-corrected chi connectivity index (χ2v) is 7.27. The number of nitrogens with one attached hydrogen (secondary N) is 2. The van der Waals surface area contributed by atoms with E-state index in [4.69, 9.17) is 0 Å². The molecule has 0 aliphatic carbocycles. The Balaban J connectivity index is 1.28. The highest BCUT2D eigenvalue weighted by molar-refractivity contribution is 6.01. The van der Waals surface area contributed by atoms with Gasteiger partial charge in [-0.1, -0.05) is 60.7 Å². The van der Waals surface area contributed by atoms with Gasteiger partial charge in [-0.25, -0.2) is 4.79 Å². The molecule has 5 heteroatoms. The summed E-state index contributed by atoms with van der Waals surface area (Å²) in [6.07, 6.45) is 0.390. The summed E-state index contributed by atoms with van der Waals surface area (Å²) in [6.45, 7) is 2.53. The lowest BCUT2D eigenvalue weighted by Gasteiger charge is -2.30. The van der Waals surface area contributed by atoms with E-state index in [9.17, 15) is 9.90 Å². The number of benzene rings is 3. The van der Waals surface area contributed by atoms with Crippen LogP contribution < -0.4 is 10.6 Å². The van der Waals surface area contributed by atoms with Crippen molar-refractivity contribution in [1.82, 2.24) is 10.2 Å². The number of aliphatic hydroxyl groups excluding tert-OH is 1. The van der Waals surface area contributed by atoms with E-state index in [1.807, 2.05) is 42.5 Å². The van der Waals surface area contributed by atoms with Crippen molar-refractivity contribution in [3.05, 3.63) is 77.9 Å². The molecule has 1 atom stereocenters. The number of fused-ring (bicyclic) bond motifs is 2. The maximum Gasteiger partial charge on any atom is 0.319 e. The fourth-order valence-corrected chi connectivity index (χ4v) is 3.78. The molecule has 0 fully saturated rings. The number of aliphatic hydroxyl groups is 1. The van der Waals surface area contributed by atoms with Gasteiger partial charge in [0.2, 0.25) is 0 Å². The first-order valence-electron chi connectivity index (χ1n) is 9.69. The highest BCUT2D eigenvalue weighted by Gasteiger charge is 2.18. The molecule has 2 amide bonds. The molecular weight excluding hydrogens is 350 g/mol. The summed E-state index contributed by atoms with van der Waals surface area (Å²) in [6, 6.07) is 21.9. The van der Waals surface area contributed by atoms with Crippen molar-refractivity contribution < 1.29 is 9.90 Å². The molecule has 1 aliphatic heterocycles. The minimum Gasteiger partial charge on any atom is -0.390 e. The van der Waals surface area contributed by atoms with E-state index in [0.717, 1.165) is 36.0 Å². The quantitative estimate of drug-likeness (QED) is 0.641. The molecule has 0 unspecified atom stereocenters. The van der Waals surface area contributed by atoms with Gasteiger partial charge in [0.05, 0.1) is 11.8 Å². The number of hydrogen-bond donors (Lipinski definition) is 3. The first kappa shape index (κ1) is 18.5. The largest absolute Gasteiger partial charge is 0.390 e. The summed E-state index contributed by atoms with van der Waals surface area (Å²) < 4.78 is 0. The zero-order chi connectivity index (χ0) is 19.3. The lowest BCUT2D eigenvalue weighted by Crippen LogP contribution is -2.42. The number of carbonyl (C=O) groups excluding carboxylic acids is 1. The molecule has 0 bridgehead atoms. The van der Waals surface area contributed by atoms with Crippen molar-refractivity contribution in [3.8, 4) is 0 Å². The molecule has 1 heterocycles. The van der Waals surface area contributed by atoms with Crippen LogP contribution in [-0.2, 0) is 13.0 Å². The van der Waals surface area contributed by atoms with Gasteiger partial charge in [-0.2, -0.15) is 0 Å². The van der Waals surface area contributed by atoms with E-state index in [2.05, 4.69) is 39.8 Å². The minimum atomic E-state index is -0.608. The van der Waals surface area contributed by atoms with Crippen LogP contribution in [0.4, 0.5) is 10.5 Å². The molecule has 3 N–H and O–H groups in total. The number of amides is 2. The number of β-amino-alcohol motifs (C(OH)–C–C–N with tert-alkyl or cyclic N) is 1. The number of urea groups is 1. The van der Waals surface area contributed by atoms with E-state index >= 15 is 0 Å². The fraction of sp³-hybridized carbons (Fsp3) is 0.261. The first-order chi connectivity index (χ1) is 13.7. The fourth-order valence-electron chi connectivity index (χ4n) is 3.78. The Morgan fingerprint density at radius 2 is 1.75 bits per heavy atom. The average Bonchev–Trinajstić information content (AvgIpc) is 2.72. The first-order valence-corrected chi connectivity index (χ1v) is 9.69. The molecule has 0 saturated carbocycles. The number of anilines is 1. The topological polar surface area (TPSA) is 64.6 Å². The molecular formula is C23H25N3O2. The molecule has 3 aromatic rings. The van der Waals surface area contributed by atoms with Gasteiger partial charge in [0, 0.05) is 31.6 Å². The Hall–Kier alpha value is -2.89. The SMILES string of the molecule is O=C(NC[C@H](O)CN1CCc2ccccc2C1)Nc1cccc2ccccc12. The molecule has 3 aromatic carbocycles. The van der Waals surface area contributed by atoms with Gasteiger partial charge in [-0.05, 0) is 29.0 Å². The van der Waals surface area contributed by atoms with Crippen molar-refractivity contribution >= 4 is 22.5 Å². The summed E-state index contributed by atoms with van der Waals surface area (Å²) in [5, 5.41) is 18.1. The van der Waals surface area contributed by atoms with Gasteiger partial charge in [0.15, 0.2) is 0 Å². The van der Waals surface area contributed by atoms with E-state index in [1.54, 1.807) is 0 Å². The smallest absolute Gasteiger partial charge is 0.319 e. The number of nitrogens with zero attached hydrogens (tertiary/aromatic N) is 1. The second kappa shape index (κ2) is 8.42. The van der Waals surface area contributed by atoms with E-state index in [-0.39, 0.29) is 12.6 Å². The zero-order valence-electron chi connectivity index (χ0n) is 15.8. The molecule has 5 nitrogen and oxygen atoms in total. The average molecular weight is 375 g/mol. The standard InChI is InChI=1S/C23H25N3O2/c27-20(16-26-13-12-17-6-1-2-8-19(17)15-26)14-24-23(28)25-22-11-5-9-18-7-3-4-10-21(18)22/h1-11,20,27H,12-16H2,(H2,24,25,28)/t20-/m0/s1. The van der Waals surface area contributed by atoms with Crippen LogP contribution in [0.3, 0.4) is 0 Å². The Kier molecular flexibility index (Phi) is 5.55. The highest BCUT2D eigenvalue weighted by atomic mass is 16.3. The molecule has 4 rings (SSSR count). The molecule has 0 radical (unpaired) electrons. The lowest BCUT2D eigenvalue weighted by molar-refractivity contribution is 0.106. The Bertz CT molecular complexity index is 967. The summed E-state index contributed by atoms with van der Waals surface area (Å²) in [7, 11) is 0. The predicted octanol–water partition coefficient (Wildman–Crippen LogP) is 3.38. The molecule has 144 valence electrons. The molecule has 0 aromatic heterocycles. The number of carbonyl (C=O) groups is 1. The van der Waals surface area contributed by atoms with Crippen LogP contribution in [-0.4, -0.2) is 41.8 Å². The van der Waals surface area contributed by atoms with Crippen LogP contribution in [0.5, 0.6) is 0 Å². The third kappa shape index (κ3) is 4.32. The molecule has 0 spiro atoms. The normalized spacial score (nSPS) is 15.0. The van der Waals surface area contributed by atoms with Crippen molar-refractivity contribution in [3.63, 3.8) is 0 Å². The van der Waals surface area contributed by atoms with Gasteiger partial charge in [0.25, 0.3) is 0 Å². The van der Waals surface area contributed by atoms with Crippen LogP contribution in [0.1, 0.15) is 11.1 Å². The predicted molar refractivity (Wildman–Crippen MR) is 112 cm³/mol. The maximum atomic E-state index is 12.3. The van der Waals surface area contributed by atoms with E-state index in [0.29, 0.717) is 6.54 Å². The third-order valence-corrected chi connectivity index (χ3v) is 5.21. The molecule has 28 heavy (non-hydrogen) atoms. The van der Waals surface area contributed by atoms with Crippen LogP contribution in [0.25, 0.3) is 10.8 Å². The molecule has 1 aliphatic rings. The van der Waals surface area contributed by atoms with Gasteiger partial charge in [0.1, 0.15) is 0 Å². The van der Waals surface area contributed by atoms with E-state index in [1.165, 1.54) is 11.1 Å². The van der Waals surface area contributed by atoms with Crippen molar-refractivity contribution in [2.75, 3.05) is 25.0 Å². The lowest BCUT2D eigenvalue weighted by atomic mass is 10.00. The molecule has 0 saturated heterocycles. The summed E-state index contributed by atoms with van der Waals surface area (Å²) >= 11 is 0. The van der Waals surface area contributed by atoms with Crippen molar-refractivity contribution in [2.45, 2.75) is 19.1 Å². The van der Waals surface area contributed by atoms with Crippen LogP contribution in [0.15, 0.2) is 66.7 Å². The Morgan fingerprint density at radius 3 is 2.64 bits per heavy atom. The van der Waals surface area contributed by atoms with Gasteiger partial charge in [-0.3, -0.25) is 4.90 Å². The second-order valence-electron chi connectivity index (χ2n) is 7.27. The highest BCUT2D eigenvalue weighted by Crippen LogP contribution is 2.22. The number of hydrogen-bond acceptors (Lipinski definition) is 3. The zero-order valence-corrected chi connectivity index (χ0v) is 15.8. The maximum absolute atomic E-state index is 12.3. The van der Waals surface area contributed by atoms with Crippen LogP contribution in [0, 0.1) is 0 Å². The number of rotatable bonds is 5. The monoisotopic (exact) mass is 375 g/mol. The van der Waals surface area contributed by atoms with Gasteiger partial charge in [-0.15, -0.1) is 0 Å². The summed E-state index contributed by atoms with van der Waals surface area (Å²) in [5.74, 6) is 0. The van der Waals surface area contributed by atoms with Crippen molar-refractivity contribution in [2.24, 2.45) is 0 Å². The third-order valence-electron chi connectivity index (χ3n) is 5.21. The van der Waals surface area contributed by atoms with Crippen molar-refractivity contribution in [1.29, 1.82) is 0 Å². The Labute approximate surface area is 165 Å². The van der Waals surface area contributed by atoms with Crippen LogP contribution >= 0.6 is 0 Å². The minimum absolute atomic E-state index is 0.217.